The summed E-state index contributed by atoms with van der Waals surface area (Å²) < 4.78 is 0. The van der Waals surface area contributed by atoms with E-state index in [2.05, 4.69) is 15.6 Å². The number of amides is 3. The van der Waals surface area contributed by atoms with Gasteiger partial charge in [-0.2, -0.15) is 5.01 Å². The molecule has 8 N–H and O–H groups in total. The first-order valence-electron chi connectivity index (χ1n) is 11.3. The van der Waals surface area contributed by atoms with E-state index in [0.29, 0.717) is 21.3 Å². The second kappa shape index (κ2) is 12.0. The number of nitrogens with one attached hydrogen (secondary N) is 2. The van der Waals surface area contributed by atoms with Gasteiger partial charge in [-0.25, -0.2) is 14.8 Å². The molecule has 1 aliphatic rings. The molecule has 1 unspecified atom stereocenters. The number of benzene rings is 2. The highest BCUT2D eigenvalue weighted by Crippen LogP contribution is 2.27. The van der Waals surface area contributed by atoms with E-state index in [0.717, 1.165) is 6.92 Å². The number of hydrogen-bond donors (Lipinski definition) is 6. The third kappa shape index (κ3) is 6.64. The topological polar surface area (TPSA) is 221 Å². The highest BCUT2D eigenvalue weighted by atomic mass is 32.1. The lowest BCUT2D eigenvalue weighted by Gasteiger charge is -2.35. The zero-order chi connectivity index (χ0) is 28.9. The van der Waals surface area contributed by atoms with Crippen molar-refractivity contribution in [3.05, 3.63) is 65.7 Å². The summed E-state index contributed by atoms with van der Waals surface area (Å²) in [5, 5.41) is 25.2. The zero-order valence-corrected chi connectivity index (χ0v) is 21.3. The SMILES string of the molecule is CC(=O)N([C@@H](CC(=O)O)C(=O)N[C@H](C(=O)O)c1ccccc1)N1C(=O)C(c2ccc(N=C(N)N)cc2)NC1=S. The largest absolute Gasteiger partial charge is 0.481 e. The van der Waals surface area contributed by atoms with Crippen LogP contribution in [0.25, 0.3) is 0 Å². The minimum atomic E-state index is -1.82. The molecule has 1 saturated heterocycles. The van der Waals surface area contributed by atoms with E-state index in [4.69, 9.17) is 23.7 Å². The Bertz CT molecular complexity index is 1330. The van der Waals surface area contributed by atoms with Gasteiger partial charge in [0.25, 0.3) is 5.91 Å². The summed E-state index contributed by atoms with van der Waals surface area (Å²) in [4.78, 5) is 66.9. The van der Waals surface area contributed by atoms with Crippen LogP contribution >= 0.6 is 12.2 Å². The van der Waals surface area contributed by atoms with Gasteiger partial charge in [0.1, 0.15) is 12.1 Å². The lowest BCUT2D eigenvalue weighted by Crippen LogP contribution is -2.59. The average molecular weight is 556 g/mol. The van der Waals surface area contributed by atoms with Crippen molar-refractivity contribution in [1.82, 2.24) is 20.7 Å². The van der Waals surface area contributed by atoms with E-state index in [1.807, 2.05) is 0 Å². The van der Waals surface area contributed by atoms with Gasteiger partial charge in [0.2, 0.25) is 11.8 Å². The van der Waals surface area contributed by atoms with E-state index in [-0.39, 0.29) is 16.6 Å². The summed E-state index contributed by atoms with van der Waals surface area (Å²) in [5.74, 6) is -5.84. The van der Waals surface area contributed by atoms with Crippen LogP contribution < -0.4 is 22.1 Å². The van der Waals surface area contributed by atoms with Crippen molar-refractivity contribution in [2.24, 2.45) is 16.5 Å². The normalized spacial score (nSPS) is 16.0. The number of carbonyl (C=O) groups is 5. The molecule has 1 fully saturated rings. The van der Waals surface area contributed by atoms with Gasteiger partial charge in [-0.3, -0.25) is 19.2 Å². The Labute approximate surface area is 227 Å². The van der Waals surface area contributed by atoms with Gasteiger partial charge in [0, 0.05) is 6.92 Å². The molecule has 14 nitrogen and oxygen atoms in total. The van der Waals surface area contributed by atoms with Gasteiger partial charge in [-0.05, 0) is 35.5 Å². The fourth-order valence-electron chi connectivity index (χ4n) is 3.92. The molecule has 39 heavy (non-hydrogen) atoms. The standard InChI is InChI=1S/C24H25N7O7S/c1-12(32)30(16(11-17(33)34)20(35)28-19(22(37)38)13-5-3-2-4-6-13)31-21(36)18(29-24(31)39)14-7-9-15(10-8-14)27-23(25)26/h2-10,16,18-19H,11H2,1H3,(H,28,35)(H,29,39)(H,33,34)(H,37,38)(H4,25,26,27)/t16-,18?,19-/m0/s1. The molecule has 204 valence electrons. The number of nitrogens with two attached hydrogens (primary N) is 2. The molecule has 2 aromatic rings. The predicted octanol–water partition coefficient (Wildman–Crippen LogP) is -0.102. The number of guanidine groups is 1. The van der Waals surface area contributed by atoms with Crippen LogP contribution in [0.2, 0.25) is 0 Å². The number of hydrogen-bond acceptors (Lipinski definition) is 7. The fraction of sp³-hybridized carbons (Fsp3) is 0.208. The third-order valence-corrected chi connectivity index (χ3v) is 5.86. The van der Waals surface area contributed by atoms with Crippen molar-refractivity contribution in [3.8, 4) is 0 Å². The monoisotopic (exact) mass is 555 g/mol. The molecular weight excluding hydrogens is 530 g/mol. The number of carboxylic acids is 2. The fourth-order valence-corrected chi connectivity index (χ4v) is 4.21. The summed E-state index contributed by atoms with van der Waals surface area (Å²) in [6.07, 6.45) is -0.948. The van der Waals surface area contributed by atoms with Crippen LogP contribution in [0.4, 0.5) is 5.69 Å². The number of thiocarbonyl (C=S) groups is 1. The molecule has 1 aliphatic heterocycles. The minimum absolute atomic E-state index is 0.164. The first-order valence-corrected chi connectivity index (χ1v) is 11.7. The second-order valence-corrected chi connectivity index (χ2v) is 8.72. The highest BCUT2D eigenvalue weighted by Gasteiger charge is 2.46. The molecule has 3 rings (SSSR count). The van der Waals surface area contributed by atoms with Crippen molar-refractivity contribution in [2.75, 3.05) is 0 Å². The van der Waals surface area contributed by atoms with Crippen molar-refractivity contribution < 1.29 is 34.2 Å². The number of nitrogens with zero attached hydrogens (tertiary/aromatic N) is 3. The molecular formula is C24H25N7O7S. The quantitative estimate of drug-likeness (QED) is 0.129. The maximum absolute atomic E-state index is 13.4. The Morgan fingerprint density at radius 1 is 1.10 bits per heavy atom. The first-order chi connectivity index (χ1) is 18.4. The van der Waals surface area contributed by atoms with Crippen molar-refractivity contribution in [1.29, 1.82) is 0 Å². The highest BCUT2D eigenvalue weighted by molar-refractivity contribution is 7.80. The van der Waals surface area contributed by atoms with Crippen LogP contribution in [-0.4, -0.2) is 67.0 Å². The molecule has 3 amide bonds. The smallest absolute Gasteiger partial charge is 0.330 e. The molecule has 1 heterocycles. The molecule has 0 radical (unpaired) electrons. The number of carboxylic acid groups (broad SMARTS) is 2. The molecule has 0 spiro atoms. The van der Waals surface area contributed by atoms with Crippen LogP contribution in [0.3, 0.4) is 0 Å². The average Bonchev–Trinajstić information content (AvgIpc) is 3.15. The van der Waals surface area contributed by atoms with Crippen LogP contribution in [0, 0.1) is 0 Å². The zero-order valence-electron chi connectivity index (χ0n) is 20.5. The molecule has 0 bridgehead atoms. The van der Waals surface area contributed by atoms with Crippen molar-refractivity contribution >= 4 is 58.6 Å². The van der Waals surface area contributed by atoms with Gasteiger partial charge < -0.3 is 32.3 Å². The van der Waals surface area contributed by atoms with E-state index in [1.54, 1.807) is 30.3 Å². The van der Waals surface area contributed by atoms with Gasteiger partial charge >= 0.3 is 11.9 Å². The summed E-state index contributed by atoms with van der Waals surface area (Å²) >= 11 is 5.27. The molecule has 0 saturated carbocycles. The van der Waals surface area contributed by atoms with E-state index in [1.165, 1.54) is 24.3 Å². The van der Waals surface area contributed by atoms with Crippen LogP contribution in [0.1, 0.15) is 36.6 Å². The Morgan fingerprint density at radius 3 is 2.23 bits per heavy atom. The number of aliphatic carboxylic acids is 2. The maximum Gasteiger partial charge on any atom is 0.330 e. The minimum Gasteiger partial charge on any atom is -0.481 e. The van der Waals surface area contributed by atoms with Crippen molar-refractivity contribution in [2.45, 2.75) is 31.5 Å². The number of hydrazine groups is 1. The summed E-state index contributed by atoms with van der Waals surface area (Å²) in [5.41, 5.74) is 11.8. The summed E-state index contributed by atoms with van der Waals surface area (Å²) in [6, 6.07) is 9.38. The Morgan fingerprint density at radius 2 is 1.72 bits per heavy atom. The lowest BCUT2D eigenvalue weighted by molar-refractivity contribution is -0.163. The summed E-state index contributed by atoms with van der Waals surface area (Å²) in [6.45, 7) is 1.02. The molecule has 0 aromatic heterocycles. The Balaban J connectivity index is 1.94. The van der Waals surface area contributed by atoms with Gasteiger partial charge in [0.05, 0.1) is 12.1 Å². The van der Waals surface area contributed by atoms with Crippen LogP contribution in [-0.2, 0) is 24.0 Å². The second-order valence-electron chi connectivity index (χ2n) is 8.33. The Kier molecular flexibility index (Phi) is 8.77. The van der Waals surface area contributed by atoms with E-state index < -0.39 is 54.2 Å². The summed E-state index contributed by atoms with van der Waals surface area (Å²) in [7, 11) is 0. The third-order valence-electron chi connectivity index (χ3n) is 5.57. The van der Waals surface area contributed by atoms with Crippen LogP contribution in [0.5, 0.6) is 0 Å². The number of aliphatic imine (C=N–C) groups is 1. The molecule has 15 heteroatoms. The predicted molar refractivity (Wildman–Crippen MR) is 141 cm³/mol. The van der Waals surface area contributed by atoms with Crippen LogP contribution in [0.15, 0.2) is 59.6 Å². The van der Waals surface area contributed by atoms with E-state index in [9.17, 15) is 34.2 Å². The maximum atomic E-state index is 13.4. The van der Waals surface area contributed by atoms with Gasteiger partial charge in [0.15, 0.2) is 17.1 Å². The van der Waals surface area contributed by atoms with Crippen molar-refractivity contribution in [3.63, 3.8) is 0 Å². The molecule has 3 atom stereocenters. The van der Waals surface area contributed by atoms with Gasteiger partial charge in [-0.1, -0.05) is 42.5 Å². The molecule has 0 aliphatic carbocycles. The molecule has 2 aromatic carbocycles. The number of rotatable bonds is 10. The number of carbonyl (C=O) groups excluding carboxylic acids is 3. The van der Waals surface area contributed by atoms with E-state index >= 15 is 0 Å². The Hall–Kier alpha value is -5.05. The first kappa shape index (κ1) is 28.5. The lowest BCUT2D eigenvalue weighted by atomic mass is 10.1. The van der Waals surface area contributed by atoms with Gasteiger partial charge in [-0.15, -0.1) is 0 Å².